The van der Waals surface area contributed by atoms with E-state index in [9.17, 15) is 17.8 Å². The number of thiol groups is 3. The van der Waals surface area contributed by atoms with Gasteiger partial charge in [0.25, 0.3) is 5.91 Å². The molecule has 2 aromatic heterocycles. The Labute approximate surface area is 239 Å². The normalized spacial score (nSPS) is 20.1. The number of benzene rings is 2. The lowest BCUT2D eigenvalue weighted by molar-refractivity contribution is -0.0507. The molecule has 8 nitrogen and oxygen atoms in total. The molecule has 14 heteroatoms. The lowest BCUT2D eigenvalue weighted by Gasteiger charge is -2.36. The molecule has 0 aliphatic carbocycles. The number of imidazole rings is 1. The Bertz CT molecular complexity index is 1750. The molecule has 1 amide bonds. The number of hydrogen-bond donors (Lipinski definition) is 4. The van der Waals surface area contributed by atoms with Crippen LogP contribution in [0.2, 0.25) is 0 Å². The quantitative estimate of drug-likeness (QED) is 0.175. The van der Waals surface area contributed by atoms with E-state index in [1.54, 1.807) is 24.4 Å². The Balaban J connectivity index is 1.57. The third-order valence-corrected chi connectivity index (χ3v) is 8.63. The van der Waals surface area contributed by atoms with E-state index in [0.717, 1.165) is 11.1 Å². The van der Waals surface area contributed by atoms with Crippen molar-refractivity contribution in [2.75, 3.05) is 6.26 Å². The molecule has 0 saturated carbocycles. The Morgan fingerprint density at radius 3 is 2.51 bits per heavy atom. The van der Waals surface area contributed by atoms with Gasteiger partial charge in [-0.2, -0.15) is 8.78 Å². The summed E-state index contributed by atoms with van der Waals surface area (Å²) in [5, 5.41) is 0.185. The highest BCUT2D eigenvalue weighted by molar-refractivity contribution is 8.16. The summed E-state index contributed by atoms with van der Waals surface area (Å²) >= 11 is 13.4. The van der Waals surface area contributed by atoms with Crippen molar-refractivity contribution in [3.63, 3.8) is 0 Å². The monoisotopic (exact) mass is 605 g/mol. The van der Waals surface area contributed by atoms with Gasteiger partial charge in [-0.3, -0.25) is 9.69 Å². The average Bonchev–Trinajstić information content (AvgIpc) is 3.35. The van der Waals surface area contributed by atoms with Crippen molar-refractivity contribution in [1.29, 1.82) is 4.78 Å². The maximum atomic E-state index is 13.7. The molecule has 0 spiro atoms. The molecule has 2 unspecified atom stereocenters. The molecule has 2 bridgehead atoms. The minimum absolute atomic E-state index is 0.0891. The minimum atomic E-state index is -3.08. The molecule has 4 heterocycles. The van der Waals surface area contributed by atoms with Crippen molar-refractivity contribution in [2.45, 2.75) is 33.7 Å². The topological polar surface area (TPSA) is 101 Å². The third-order valence-electron chi connectivity index (χ3n) is 6.94. The van der Waals surface area contributed by atoms with Gasteiger partial charge in [-0.15, -0.1) is 37.9 Å². The van der Waals surface area contributed by atoms with Gasteiger partial charge in [0.2, 0.25) is 0 Å². The van der Waals surface area contributed by atoms with Crippen molar-refractivity contribution >= 4 is 64.6 Å². The summed E-state index contributed by atoms with van der Waals surface area (Å²) in [4.78, 5) is 24.1. The van der Waals surface area contributed by atoms with Crippen LogP contribution in [0.1, 0.15) is 40.3 Å². The second-order valence-electron chi connectivity index (χ2n) is 9.41. The number of rotatable bonds is 5. The predicted octanol–water partition coefficient (Wildman–Crippen LogP) is 5.63. The van der Waals surface area contributed by atoms with Gasteiger partial charge in [-0.1, -0.05) is 18.2 Å². The smallest absolute Gasteiger partial charge is 0.387 e. The first-order valence-electron chi connectivity index (χ1n) is 11.6. The van der Waals surface area contributed by atoms with E-state index >= 15 is 0 Å². The molecule has 0 fully saturated rings. The first kappa shape index (κ1) is 26.4. The van der Waals surface area contributed by atoms with Gasteiger partial charge in [0.1, 0.15) is 16.6 Å². The van der Waals surface area contributed by atoms with Gasteiger partial charge in [-0.05, 0) is 35.9 Å². The molecule has 2 aromatic carbocycles. The number of fused-ring (bicyclic) bond motifs is 9. The highest BCUT2D eigenvalue weighted by atomic mass is 32.2. The van der Waals surface area contributed by atoms with Crippen LogP contribution >= 0.6 is 37.9 Å². The molecule has 2 aliphatic heterocycles. The fourth-order valence-electron chi connectivity index (χ4n) is 5.41. The maximum absolute atomic E-state index is 13.7. The zero-order valence-electron chi connectivity index (χ0n) is 20.2. The van der Waals surface area contributed by atoms with E-state index in [2.05, 4.69) is 42.9 Å². The van der Waals surface area contributed by atoms with Crippen LogP contribution in [-0.2, 0) is 9.73 Å². The SMILES string of the molecule is CS(=N)(=O)c1ccc(-c2ccc3nc4n(c3c2)C2C[C@H]4N(C(S)(S)S)C(=O)c3cccc(OC(F)F)c32)cn1. The second-order valence-corrected chi connectivity index (χ2v) is 14.5. The molecule has 202 valence electrons. The number of ether oxygens (including phenoxy) is 1. The van der Waals surface area contributed by atoms with Gasteiger partial charge >= 0.3 is 6.61 Å². The van der Waals surface area contributed by atoms with Gasteiger partial charge in [-0.25, -0.2) is 19.0 Å². The lowest BCUT2D eigenvalue weighted by Crippen LogP contribution is -2.43. The van der Waals surface area contributed by atoms with Gasteiger partial charge in [0.15, 0.2) is 3.54 Å². The highest BCUT2D eigenvalue weighted by Crippen LogP contribution is 2.53. The molecule has 1 N–H and O–H groups in total. The maximum Gasteiger partial charge on any atom is 0.387 e. The van der Waals surface area contributed by atoms with E-state index in [-0.39, 0.29) is 16.3 Å². The van der Waals surface area contributed by atoms with Crippen LogP contribution in [-0.4, -0.2) is 46.0 Å². The van der Waals surface area contributed by atoms with E-state index < -0.39 is 37.9 Å². The van der Waals surface area contributed by atoms with Crippen molar-refractivity contribution < 1.29 is 22.5 Å². The standard InChI is InChI=1S/C25H21F2N5O3S4/c1-39(28,34)20-8-6-13(11-29-20)12-5-7-15-16(9-12)31-17-10-18(22(31)30-15)32(25(36,37)38)23(33)14-3-2-4-19(21(14)17)35-24(26)27/h2-9,11,17-18,24,28,36-38H,10H2,1H3/t17?,18-,39?/m1/s1. The summed E-state index contributed by atoms with van der Waals surface area (Å²) in [5.74, 6) is -0.00839. The van der Waals surface area contributed by atoms with Gasteiger partial charge in [0, 0.05) is 35.6 Å². The molecule has 39 heavy (non-hydrogen) atoms. The summed E-state index contributed by atoms with van der Waals surface area (Å²) in [6, 6.07) is 12.2. The number of carbonyl (C=O) groups is 1. The van der Waals surface area contributed by atoms with Crippen molar-refractivity contribution in [2.24, 2.45) is 0 Å². The second kappa shape index (κ2) is 9.11. The number of halogens is 2. The Hall–Kier alpha value is -2.81. The molecule has 0 radical (unpaired) electrons. The number of alkyl halides is 2. The van der Waals surface area contributed by atoms with Crippen LogP contribution < -0.4 is 4.74 Å². The summed E-state index contributed by atoms with van der Waals surface area (Å²) in [6.45, 7) is -3.08. The molecule has 3 atom stereocenters. The molecule has 4 aromatic rings. The van der Waals surface area contributed by atoms with Crippen molar-refractivity contribution in [1.82, 2.24) is 19.4 Å². The van der Waals surface area contributed by atoms with E-state index in [0.29, 0.717) is 28.8 Å². The van der Waals surface area contributed by atoms with E-state index in [1.165, 1.54) is 23.3 Å². The van der Waals surface area contributed by atoms with Gasteiger partial charge in [0.05, 0.1) is 32.8 Å². The Morgan fingerprint density at radius 1 is 1.13 bits per heavy atom. The largest absolute Gasteiger partial charge is 0.434 e. The first-order chi connectivity index (χ1) is 18.3. The minimum Gasteiger partial charge on any atom is -0.434 e. The van der Waals surface area contributed by atoms with Crippen LogP contribution in [0.5, 0.6) is 5.75 Å². The molecule has 2 aliphatic rings. The number of nitrogens with one attached hydrogen (secondary N) is 1. The number of hydrogen-bond acceptors (Lipinski definition) is 9. The molecular weight excluding hydrogens is 585 g/mol. The van der Waals surface area contributed by atoms with Crippen LogP contribution in [0.15, 0.2) is 59.8 Å². The Morgan fingerprint density at radius 2 is 1.87 bits per heavy atom. The number of carbonyl (C=O) groups excluding carboxylic acids is 1. The molecule has 6 rings (SSSR count). The first-order valence-corrected chi connectivity index (χ1v) is 15.0. The fraction of sp³-hybridized carbons (Fsp3) is 0.240. The third kappa shape index (κ3) is 4.37. The highest BCUT2D eigenvalue weighted by Gasteiger charge is 2.50. The zero-order valence-corrected chi connectivity index (χ0v) is 23.7. The van der Waals surface area contributed by atoms with Crippen molar-refractivity contribution in [3.8, 4) is 16.9 Å². The predicted molar refractivity (Wildman–Crippen MR) is 152 cm³/mol. The Kier molecular flexibility index (Phi) is 6.17. The lowest BCUT2D eigenvalue weighted by atomic mass is 9.97. The summed E-state index contributed by atoms with van der Waals surface area (Å²) in [7, 11) is -2.95. The molecular formula is C25H21F2N5O3S4. The number of amides is 1. The average molecular weight is 606 g/mol. The fourth-order valence-corrected chi connectivity index (χ4v) is 6.69. The number of nitrogens with zero attached hydrogens (tertiary/aromatic N) is 4. The summed E-state index contributed by atoms with van der Waals surface area (Å²) in [5.41, 5.74) is 3.41. The van der Waals surface area contributed by atoms with Crippen LogP contribution in [0.25, 0.3) is 22.2 Å². The number of pyridine rings is 1. The van der Waals surface area contributed by atoms with Crippen LogP contribution in [0.3, 0.4) is 0 Å². The molecule has 0 saturated heterocycles. The van der Waals surface area contributed by atoms with Crippen molar-refractivity contribution in [3.05, 3.63) is 71.7 Å². The summed E-state index contributed by atoms with van der Waals surface area (Å²) in [6.07, 6.45) is 3.20. The van der Waals surface area contributed by atoms with E-state index in [4.69, 9.17) is 14.5 Å². The number of aromatic nitrogens is 3. The van der Waals surface area contributed by atoms with E-state index in [1.807, 2.05) is 22.8 Å². The van der Waals surface area contributed by atoms with Crippen LogP contribution in [0.4, 0.5) is 8.78 Å². The zero-order chi connectivity index (χ0) is 27.9. The van der Waals surface area contributed by atoms with Crippen LogP contribution in [0, 0.1) is 4.78 Å². The van der Waals surface area contributed by atoms with Gasteiger partial charge < -0.3 is 9.30 Å². The summed E-state index contributed by atoms with van der Waals surface area (Å²) < 4.78 is 52.0.